The third-order valence-corrected chi connectivity index (χ3v) is 4.04. The van der Waals surface area contributed by atoms with Crippen molar-refractivity contribution in [2.24, 2.45) is 7.05 Å². The van der Waals surface area contributed by atoms with Gasteiger partial charge in [0.2, 0.25) is 0 Å². The van der Waals surface area contributed by atoms with Crippen LogP contribution in [0.15, 0.2) is 29.0 Å². The maximum absolute atomic E-state index is 5.73. The van der Waals surface area contributed by atoms with Crippen LogP contribution in [0.5, 0.6) is 5.75 Å². The minimum absolute atomic E-state index is 0.798. The van der Waals surface area contributed by atoms with Gasteiger partial charge >= 0.3 is 0 Å². The molecule has 0 aliphatic carbocycles. The number of aryl methyl sites for hydroxylation is 1. The van der Waals surface area contributed by atoms with E-state index >= 15 is 0 Å². The molecule has 1 N–H and O–H groups in total. The van der Waals surface area contributed by atoms with Gasteiger partial charge in [-0.1, -0.05) is 15.9 Å². The zero-order valence-corrected chi connectivity index (χ0v) is 13.1. The minimum atomic E-state index is 0.798. The number of nitrogens with one attached hydrogen (secondary N) is 1. The van der Waals surface area contributed by atoms with Gasteiger partial charge in [-0.05, 0) is 17.7 Å². The highest BCUT2D eigenvalue weighted by atomic mass is 79.9. The summed E-state index contributed by atoms with van der Waals surface area (Å²) in [7, 11) is 2.03. The standard InChI is InChI=1S/C15H18BrN3O/c1-19-6-5-18-14(19)2-4-17-10-12-9-13(16)8-11-3-7-20-15(11)12/h5-6,8-9,17H,2-4,7,10H2,1H3. The van der Waals surface area contributed by atoms with Gasteiger partial charge in [0.15, 0.2) is 0 Å². The molecule has 0 atom stereocenters. The van der Waals surface area contributed by atoms with Crippen LogP contribution in [0.3, 0.4) is 0 Å². The number of halogens is 1. The van der Waals surface area contributed by atoms with Crippen LogP contribution in [0.4, 0.5) is 0 Å². The third kappa shape index (κ3) is 2.88. The summed E-state index contributed by atoms with van der Waals surface area (Å²) in [4.78, 5) is 4.32. The van der Waals surface area contributed by atoms with E-state index in [-0.39, 0.29) is 0 Å². The molecule has 1 aromatic carbocycles. The first-order valence-electron chi connectivity index (χ1n) is 6.85. The molecule has 4 nitrogen and oxygen atoms in total. The molecule has 0 saturated heterocycles. The fourth-order valence-electron chi connectivity index (χ4n) is 2.54. The lowest BCUT2D eigenvalue weighted by Gasteiger charge is -2.10. The fourth-order valence-corrected chi connectivity index (χ4v) is 3.09. The van der Waals surface area contributed by atoms with Crippen molar-refractivity contribution < 1.29 is 4.74 Å². The minimum Gasteiger partial charge on any atom is -0.493 e. The maximum atomic E-state index is 5.73. The van der Waals surface area contributed by atoms with E-state index in [1.165, 1.54) is 11.1 Å². The zero-order chi connectivity index (χ0) is 13.9. The smallest absolute Gasteiger partial charge is 0.127 e. The Balaban J connectivity index is 1.58. The van der Waals surface area contributed by atoms with Crippen molar-refractivity contribution in [3.8, 4) is 5.75 Å². The monoisotopic (exact) mass is 335 g/mol. The van der Waals surface area contributed by atoms with Gasteiger partial charge in [-0.2, -0.15) is 0 Å². The van der Waals surface area contributed by atoms with Gasteiger partial charge in [0, 0.05) is 55.4 Å². The Morgan fingerprint density at radius 2 is 2.35 bits per heavy atom. The van der Waals surface area contributed by atoms with Crippen LogP contribution in [-0.4, -0.2) is 22.7 Å². The first-order chi connectivity index (χ1) is 9.74. The molecule has 0 bridgehead atoms. The molecule has 3 rings (SSSR count). The number of fused-ring (bicyclic) bond motifs is 1. The third-order valence-electron chi connectivity index (χ3n) is 3.59. The van der Waals surface area contributed by atoms with E-state index in [1.807, 2.05) is 19.4 Å². The van der Waals surface area contributed by atoms with E-state index in [9.17, 15) is 0 Å². The molecule has 0 fully saturated rings. The highest BCUT2D eigenvalue weighted by molar-refractivity contribution is 9.10. The van der Waals surface area contributed by atoms with Crippen LogP contribution in [0, 0.1) is 0 Å². The summed E-state index contributed by atoms with van der Waals surface area (Å²) in [6, 6.07) is 4.29. The summed E-state index contributed by atoms with van der Waals surface area (Å²) in [5.74, 6) is 2.17. The number of ether oxygens (including phenoxy) is 1. The van der Waals surface area contributed by atoms with E-state index in [2.05, 4.69) is 42.9 Å². The number of rotatable bonds is 5. The molecule has 0 spiro atoms. The molecule has 0 unspecified atom stereocenters. The van der Waals surface area contributed by atoms with Crippen LogP contribution in [0.25, 0.3) is 0 Å². The predicted octanol–water partition coefficient (Wildman–Crippen LogP) is 2.45. The van der Waals surface area contributed by atoms with Crippen LogP contribution in [0.1, 0.15) is 17.0 Å². The van der Waals surface area contributed by atoms with Crippen LogP contribution in [-0.2, 0) is 26.4 Å². The Morgan fingerprint density at radius 3 is 3.15 bits per heavy atom. The second kappa shape index (κ2) is 5.97. The fraction of sp³-hybridized carbons (Fsp3) is 0.400. The van der Waals surface area contributed by atoms with E-state index in [1.54, 1.807) is 0 Å². The normalized spacial score (nSPS) is 13.3. The van der Waals surface area contributed by atoms with Crippen molar-refractivity contribution in [3.05, 3.63) is 46.0 Å². The summed E-state index contributed by atoms with van der Waals surface area (Å²) in [6.45, 7) is 2.53. The van der Waals surface area contributed by atoms with Crippen molar-refractivity contribution in [3.63, 3.8) is 0 Å². The summed E-state index contributed by atoms with van der Waals surface area (Å²) in [5, 5.41) is 3.47. The van der Waals surface area contributed by atoms with E-state index in [0.717, 1.165) is 48.6 Å². The number of hydrogen-bond donors (Lipinski definition) is 1. The highest BCUT2D eigenvalue weighted by Gasteiger charge is 2.17. The average Bonchev–Trinajstić information content (AvgIpc) is 3.03. The van der Waals surface area contributed by atoms with Crippen LogP contribution < -0.4 is 10.1 Å². The first kappa shape index (κ1) is 13.6. The Morgan fingerprint density at radius 1 is 1.45 bits per heavy atom. The zero-order valence-electron chi connectivity index (χ0n) is 11.5. The van der Waals surface area contributed by atoms with Crippen molar-refractivity contribution in [2.75, 3.05) is 13.2 Å². The second-order valence-corrected chi connectivity index (χ2v) is 5.95. The van der Waals surface area contributed by atoms with Gasteiger partial charge in [-0.15, -0.1) is 0 Å². The van der Waals surface area contributed by atoms with Crippen LogP contribution >= 0.6 is 15.9 Å². The largest absolute Gasteiger partial charge is 0.493 e. The topological polar surface area (TPSA) is 39.1 Å². The van der Waals surface area contributed by atoms with Crippen molar-refractivity contribution in [2.45, 2.75) is 19.4 Å². The predicted molar refractivity (Wildman–Crippen MR) is 82.0 cm³/mol. The molecule has 1 aliphatic rings. The number of imidazole rings is 1. The molecular formula is C15H18BrN3O. The van der Waals surface area contributed by atoms with Gasteiger partial charge in [-0.25, -0.2) is 4.98 Å². The van der Waals surface area contributed by atoms with Crippen LogP contribution in [0.2, 0.25) is 0 Å². The lowest BCUT2D eigenvalue weighted by Crippen LogP contribution is -2.18. The molecule has 2 aromatic rings. The lowest BCUT2D eigenvalue weighted by molar-refractivity contribution is 0.352. The summed E-state index contributed by atoms with van der Waals surface area (Å²) >= 11 is 3.57. The van der Waals surface area contributed by atoms with Gasteiger partial charge in [0.05, 0.1) is 6.61 Å². The SMILES string of the molecule is Cn1ccnc1CCNCc1cc(Br)cc2c1OCC2. The Bertz CT molecular complexity index is 609. The molecule has 0 amide bonds. The van der Waals surface area contributed by atoms with Gasteiger partial charge < -0.3 is 14.6 Å². The molecule has 20 heavy (non-hydrogen) atoms. The van der Waals surface area contributed by atoms with E-state index in [0.29, 0.717) is 0 Å². The lowest BCUT2D eigenvalue weighted by atomic mass is 10.1. The second-order valence-electron chi connectivity index (χ2n) is 5.03. The average molecular weight is 336 g/mol. The number of nitrogens with zero attached hydrogens (tertiary/aromatic N) is 2. The molecule has 1 aromatic heterocycles. The van der Waals surface area contributed by atoms with Crippen molar-refractivity contribution >= 4 is 15.9 Å². The highest BCUT2D eigenvalue weighted by Crippen LogP contribution is 2.32. The molecule has 0 saturated carbocycles. The number of hydrogen-bond acceptors (Lipinski definition) is 3. The summed E-state index contributed by atoms with van der Waals surface area (Å²) in [5.41, 5.74) is 2.53. The van der Waals surface area contributed by atoms with Crippen molar-refractivity contribution in [1.82, 2.24) is 14.9 Å². The molecule has 0 radical (unpaired) electrons. The molecular weight excluding hydrogens is 318 g/mol. The maximum Gasteiger partial charge on any atom is 0.127 e. The quantitative estimate of drug-likeness (QED) is 0.853. The van der Waals surface area contributed by atoms with E-state index in [4.69, 9.17) is 4.74 Å². The molecule has 2 heterocycles. The summed E-state index contributed by atoms with van der Waals surface area (Å²) < 4.78 is 8.91. The van der Waals surface area contributed by atoms with Gasteiger partial charge in [0.25, 0.3) is 0 Å². The van der Waals surface area contributed by atoms with Gasteiger partial charge in [-0.3, -0.25) is 0 Å². The summed E-state index contributed by atoms with van der Waals surface area (Å²) in [6.07, 6.45) is 5.75. The Hall–Kier alpha value is -1.33. The van der Waals surface area contributed by atoms with Gasteiger partial charge in [0.1, 0.15) is 11.6 Å². The number of benzene rings is 1. The van der Waals surface area contributed by atoms with E-state index < -0.39 is 0 Å². The molecule has 106 valence electrons. The van der Waals surface area contributed by atoms with Crippen molar-refractivity contribution in [1.29, 1.82) is 0 Å². The Labute approximate surface area is 127 Å². The first-order valence-corrected chi connectivity index (χ1v) is 7.64. The molecule has 1 aliphatic heterocycles. The Kier molecular flexibility index (Phi) is 4.08. The number of aromatic nitrogens is 2. The molecule has 5 heteroatoms.